The number of carbonyl (C=O) groups excluding carboxylic acids is 2. The number of piperidine rings is 1. The molecule has 210 valence electrons. The van der Waals surface area contributed by atoms with Crippen molar-refractivity contribution in [2.75, 3.05) is 44.2 Å². The molecule has 0 radical (unpaired) electrons. The van der Waals surface area contributed by atoms with Crippen LogP contribution in [0.1, 0.15) is 61.9 Å². The second-order valence-electron chi connectivity index (χ2n) is 11.7. The average Bonchev–Trinajstić information content (AvgIpc) is 3.78. The Morgan fingerprint density at radius 2 is 1.56 bits per heavy atom. The number of benzene rings is 1. The second kappa shape index (κ2) is 12.8. The third kappa shape index (κ3) is 7.47. The molecule has 1 aromatic carbocycles. The summed E-state index contributed by atoms with van der Waals surface area (Å²) in [5, 5.41) is 6.14. The van der Waals surface area contributed by atoms with Gasteiger partial charge in [0, 0.05) is 57.2 Å². The molecular weight excluding hydrogens is 490 g/mol. The van der Waals surface area contributed by atoms with Gasteiger partial charge in [-0.05, 0) is 76.4 Å². The first-order valence-electron chi connectivity index (χ1n) is 14.6. The molecule has 3 heterocycles. The first-order chi connectivity index (χ1) is 19.0. The molecule has 1 saturated carbocycles. The smallest absolute Gasteiger partial charge is 0.318 e. The fourth-order valence-corrected chi connectivity index (χ4v) is 5.90. The van der Waals surface area contributed by atoms with E-state index in [9.17, 15) is 9.59 Å². The Labute approximate surface area is 232 Å². The average molecular weight is 534 g/mol. The van der Waals surface area contributed by atoms with E-state index in [2.05, 4.69) is 74.6 Å². The molecule has 3 amide bonds. The standard InChI is InChI=1S/C30H43N7O2/c1-22-19-36(29-33-17-27(18-34-29)28(38)32-16-25-8-9-25)20-23(2)37(22)30(39)31-13-10-24-11-14-35(15-12-24)21-26-6-4-3-5-7-26/h3-7,17-18,22-25H,8-16,19-21H2,1-2H3,(H,31,39)(H,32,38)/t22-,23+. The van der Waals surface area contributed by atoms with E-state index in [1.54, 1.807) is 12.4 Å². The molecule has 5 rings (SSSR count). The van der Waals surface area contributed by atoms with Gasteiger partial charge in [-0.1, -0.05) is 30.3 Å². The number of carbonyl (C=O) groups is 2. The monoisotopic (exact) mass is 533 g/mol. The number of aromatic nitrogens is 2. The third-order valence-corrected chi connectivity index (χ3v) is 8.37. The van der Waals surface area contributed by atoms with Gasteiger partial charge in [-0.2, -0.15) is 0 Å². The maximum absolute atomic E-state index is 13.1. The number of amides is 3. The number of likely N-dealkylation sites (tertiary alicyclic amines) is 1. The summed E-state index contributed by atoms with van der Waals surface area (Å²) in [6, 6.07) is 10.7. The predicted molar refractivity (Wildman–Crippen MR) is 153 cm³/mol. The van der Waals surface area contributed by atoms with Crippen LogP contribution < -0.4 is 15.5 Å². The molecule has 1 aromatic heterocycles. The lowest BCUT2D eigenvalue weighted by molar-refractivity contribution is 0.0950. The van der Waals surface area contributed by atoms with E-state index < -0.39 is 0 Å². The molecular formula is C30H43N7O2. The molecule has 2 atom stereocenters. The number of piperazine rings is 1. The van der Waals surface area contributed by atoms with Crippen LogP contribution in [0, 0.1) is 11.8 Å². The SMILES string of the molecule is C[C@@H]1CN(c2ncc(C(=O)NCC3CC3)cn2)C[C@H](C)N1C(=O)NCCC1CCN(Cc2ccccc2)CC1. The molecule has 0 unspecified atom stereocenters. The highest BCUT2D eigenvalue weighted by atomic mass is 16.2. The van der Waals surface area contributed by atoms with Crippen molar-refractivity contribution in [1.82, 2.24) is 30.4 Å². The third-order valence-electron chi connectivity index (χ3n) is 8.37. The minimum Gasteiger partial charge on any atom is -0.352 e. The van der Waals surface area contributed by atoms with Crippen LogP contribution in [0.4, 0.5) is 10.7 Å². The fraction of sp³-hybridized carbons (Fsp3) is 0.600. The lowest BCUT2D eigenvalue weighted by Crippen LogP contribution is -2.61. The molecule has 1 aliphatic carbocycles. The summed E-state index contributed by atoms with van der Waals surface area (Å²) >= 11 is 0. The first-order valence-corrected chi connectivity index (χ1v) is 14.6. The summed E-state index contributed by atoms with van der Waals surface area (Å²) in [5.74, 6) is 1.79. The maximum Gasteiger partial charge on any atom is 0.318 e. The van der Waals surface area contributed by atoms with Crippen LogP contribution in [0.15, 0.2) is 42.7 Å². The van der Waals surface area contributed by atoms with Crippen molar-refractivity contribution < 1.29 is 9.59 Å². The number of hydrogen-bond donors (Lipinski definition) is 2. The molecule has 3 fully saturated rings. The van der Waals surface area contributed by atoms with Crippen LogP contribution in [0.25, 0.3) is 0 Å². The zero-order valence-electron chi connectivity index (χ0n) is 23.4. The van der Waals surface area contributed by atoms with Crippen molar-refractivity contribution in [3.63, 3.8) is 0 Å². The Bertz CT molecular complexity index is 1070. The topological polar surface area (TPSA) is 93.7 Å². The van der Waals surface area contributed by atoms with Crippen molar-refractivity contribution in [1.29, 1.82) is 0 Å². The highest BCUT2D eigenvalue weighted by Gasteiger charge is 2.34. The van der Waals surface area contributed by atoms with E-state index in [4.69, 9.17) is 0 Å². The van der Waals surface area contributed by atoms with Gasteiger partial charge >= 0.3 is 6.03 Å². The molecule has 9 nitrogen and oxygen atoms in total. The van der Waals surface area contributed by atoms with Gasteiger partial charge in [0.05, 0.1) is 5.56 Å². The van der Waals surface area contributed by atoms with E-state index in [0.29, 0.717) is 36.4 Å². The van der Waals surface area contributed by atoms with E-state index in [1.165, 1.54) is 31.2 Å². The van der Waals surface area contributed by atoms with Crippen LogP contribution >= 0.6 is 0 Å². The maximum atomic E-state index is 13.1. The van der Waals surface area contributed by atoms with Gasteiger partial charge in [0.15, 0.2) is 0 Å². The van der Waals surface area contributed by atoms with Crippen molar-refractivity contribution >= 4 is 17.9 Å². The summed E-state index contributed by atoms with van der Waals surface area (Å²) in [6.07, 6.45) is 9.01. The molecule has 0 spiro atoms. The highest BCUT2D eigenvalue weighted by Crippen LogP contribution is 2.27. The van der Waals surface area contributed by atoms with Crippen LogP contribution in [-0.4, -0.2) is 83.1 Å². The molecule has 9 heteroatoms. The van der Waals surface area contributed by atoms with Gasteiger partial charge in [0.1, 0.15) is 0 Å². The predicted octanol–water partition coefficient (Wildman–Crippen LogP) is 3.53. The van der Waals surface area contributed by atoms with Crippen molar-refractivity contribution in [2.24, 2.45) is 11.8 Å². The quantitative estimate of drug-likeness (QED) is 0.512. The summed E-state index contributed by atoms with van der Waals surface area (Å²) in [7, 11) is 0. The second-order valence-corrected chi connectivity index (χ2v) is 11.7. The number of rotatable bonds is 9. The molecule has 2 saturated heterocycles. The first kappa shape index (κ1) is 27.4. The van der Waals surface area contributed by atoms with E-state index in [0.717, 1.165) is 39.1 Å². The van der Waals surface area contributed by atoms with Gasteiger partial charge in [-0.3, -0.25) is 9.69 Å². The van der Waals surface area contributed by atoms with Crippen LogP contribution in [0.3, 0.4) is 0 Å². The van der Waals surface area contributed by atoms with Gasteiger partial charge < -0.3 is 20.4 Å². The zero-order chi connectivity index (χ0) is 27.2. The zero-order valence-corrected chi connectivity index (χ0v) is 23.4. The minimum atomic E-state index is -0.116. The van der Waals surface area contributed by atoms with Crippen LogP contribution in [0.5, 0.6) is 0 Å². The highest BCUT2D eigenvalue weighted by molar-refractivity contribution is 5.93. The van der Waals surface area contributed by atoms with Crippen LogP contribution in [-0.2, 0) is 6.54 Å². The molecule has 39 heavy (non-hydrogen) atoms. The number of nitrogens with one attached hydrogen (secondary N) is 2. The molecule has 3 aliphatic rings. The molecule has 0 bridgehead atoms. The number of urea groups is 1. The summed E-state index contributed by atoms with van der Waals surface area (Å²) < 4.78 is 0. The van der Waals surface area contributed by atoms with Crippen molar-refractivity contribution in [3.8, 4) is 0 Å². The van der Waals surface area contributed by atoms with Crippen molar-refractivity contribution in [3.05, 3.63) is 53.9 Å². The Hall–Kier alpha value is -3.20. The van der Waals surface area contributed by atoms with Gasteiger partial charge in [0.25, 0.3) is 5.91 Å². The Kier molecular flexibility index (Phi) is 8.96. The molecule has 2 N–H and O–H groups in total. The lowest BCUT2D eigenvalue weighted by atomic mass is 9.93. The van der Waals surface area contributed by atoms with E-state index in [-0.39, 0.29) is 24.0 Å². The summed E-state index contributed by atoms with van der Waals surface area (Å²) in [4.78, 5) is 40.9. The number of anilines is 1. The van der Waals surface area contributed by atoms with E-state index in [1.807, 2.05) is 4.90 Å². The summed E-state index contributed by atoms with van der Waals surface area (Å²) in [5.41, 5.74) is 1.86. The largest absolute Gasteiger partial charge is 0.352 e. The van der Waals surface area contributed by atoms with Crippen LogP contribution in [0.2, 0.25) is 0 Å². The van der Waals surface area contributed by atoms with E-state index >= 15 is 0 Å². The van der Waals surface area contributed by atoms with Gasteiger partial charge in [0.2, 0.25) is 5.95 Å². The Morgan fingerprint density at radius 3 is 2.21 bits per heavy atom. The molecule has 2 aromatic rings. The fourth-order valence-electron chi connectivity index (χ4n) is 5.90. The normalized spacial score (nSPS) is 22.5. The Balaban J connectivity index is 1.03. The number of hydrogen-bond acceptors (Lipinski definition) is 6. The lowest BCUT2D eigenvalue weighted by Gasteiger charge is -2.44. The molecule has 2 aliphatic heterocycles. The van der Waals surface area contributed by atoms with Gasteiger partial charge in [-0.15, -0.1) is 0 Å². The minimum absolute atomic E-state index is 0.0137. The summed E-state index contributed by atoms with van der Waals surface area (Å²) in [6.45, 7) is 10.2. The Morgan fingerprint density at radius 1 is 0.897 bits per heavy atom. The number of nitrogens with zero attached hydrogens (tertiary/aromatic N) is 5. The van der Waals surface area contributed by atoms with Crippen molar-refractivity contribution in [2.45, 2.75) is 64.6 Å². The van der Waals surface area contributed by atoms with Gasteiger partial charge in [-0.25, -0.2) is 14.8 Å².